The third-order valence-electron chi connectivity index (χ3n) is 16.6. The van der Waals surface area contributed by atoms with Crippen molar-refractivity contribution in [3.8, 4) is 11.1 Å². The summed E-state index contributed by atoms with van der Waals surface area (Å²) in [4.78, 5) is 5.32. The molecule has 0 fully saturated rings. The predicted octanol–water partition coefficient (Wildman–Crippen LogP) is 15.3. The van der Waals surface area contributed by atoms with Crippen LogP contribution in [0.4, 0.5) is 34.1 Å². The zero-order chi connectivity index (χ0) is 47.5. The van der Waals surface area contributed by atoms with Crippen molar-refractivity contribution in [1.82, 2.24) is 0 Å². The maximum Gasteiger partial charge on any atom is 0.252 e. The van der Waals surface area contributed by atoms with Gasteiger partial charge in [0.15, 0.2) is 0 Å². The Kier molecular flexibility index (Phi) is 9.23. The fourth-order valence-electron chi connectivity index (χ4n) is 13.4. The van der Waals surface area contributed by atoms with Crippen molar-refractivity contribution >= 4 is 57.2 Å². The molecule has 3 heteroatoms. The van der Waals surface area contributed by atoms with Gasteiger partial charge in [-0.3, -0.25) is 0 Å². The van der Waals surface area contributed by atoms with E-state index >= 15 is 0 Å². The van der Waals surface area contributed by atoms with Gasteiger partial charge in [-0.15, -0.1) is 0 Å². The van der Waals surface area contributed by atoms with E-state index in [9.17, 15) is 0 Å². The SMILES string of the molecule is Cc1cc2c3c(c1)N(c1ccc4c(c1-c1ccccc1)C(C)(C)CC4(C)C)c1cc4c(cc1B3c1cc(C(C)(C)C)ccc1N2c1ccc(C(C)(C)C)cc1)C(C)(C)c1ccccc1C4(C)C. The number of benzene rings is 7. The first-order valence-electron chi connectivity index (χ1n) is 24.9. The average Bonchev–Trinajstić information content (AvgIpc) is 3.46. The van der Waals surface area contributed by atoms with Crippen LogP contribution in [-0.4, -0.2) is 6.71 Å². The average molecular weight is 877 g/mol. The fraction of sp³-hybridized carbons (Fsp3) is 0.344. The third-order valence-corrected chi connectivity index (χ3v) is 16.6. The topological polar surface area (TPSA) is 6.48 Å². The summed E-state index contributed by atoms with van der Waals surface area (Å²) in [7, 11) is 0. The molecule has 0 spiro atoms. The van der Waals surface area contributed by atoms with Gasteiger partial charge in [-0.05, 0) is 149 Å². The molecule has 0 saturated heterocycles. The number of hydrogen-bond donors (Lipinski definition) is 0. The van der Waals surface area contributed by atoms with Gasteiger partial charge in [-0.2, -0.15) is 0 Å². The minimum Gasteiger partial charge on any atom is -0.311 e. The van der Waals surface area contributed by atoms with E-state index < -0.39 is 0 Å². The number of fused-ring (bicyclic) bond motifs is 7. The van der Waals surface area contributed by atoms with Crippen LogP contribution >= 0.6 is 0 Å². The molecular weight excluding hydrogens is 808 g/mol. The Morgan fingerprint density at radius 1 is 0.448 bits per heavy atom. The van der Waals surface area contributed by atoms with Crippen LogP contribution in [0, 0.1) is 6.92 Å². The number of rotatable bonds is 3. The highest BCUT2D eigenvalue weighted by Gasteiger charge is 2.50. The molecule has 0 atom stereocenters. The standard InChI is InChI=1S/C64H69BN2/c1-39-33-54-58-55(34-39)67(52-32-30-46-57(62(10,11)38-61(46,8)9)56(52)40-21-17-16-18-22-40)53-37-48-47(63(12,13)44-23-19-20-24-45(44)64(48,14)15)36-50(53)65(58)49-35-42(60(5,6)7)27-31-51(49)66(54)43-28-25-41(26-29-43)59(2,3)4/h16-37H,38H2,1-15H3. The van der Waals surface area contributed by atoms with Crippen molar-refractivity contribution in [1.29, 1.82) is 0 Å². The lowest BCUT2D eigenvalue weighted by atomic mass is 9.33. The molecule has 2 aliphatic carbocycles. The van der Waals surface area contributed by atoms with Gasteiger partial charge < -0.3 is 9.80 Å². The minimum atomic E-state index is -0.216. The van der Waals surface area contributed by atoms with E-state index in [-0.39, 0.29) is 39.2 Å². The monoisotopic (exact) mass is 877 g/mol. The normalized spacial score (nSPS) is 17.8. The van der Waals surface area contributed by atoms with Crippen LogP contribution in [0.5, 0.6) is 0 Å². The van der Waals surface area contributed by atoms with Gasteiger partial charge in [0, 0.05) is 44.8 Å². The minimum absolute atomic E-state index is 0.00519. The van der Waals surface area contributed by atoms with Crippen molar-refractivity contribution in [2.45, 2.75) is 143 Å². The molecule has 7 aromatic carbocycles. The molecule has 2 aliphatic heterocycles. The Morgan fingerprint density at radius 3 is 1.60 bits per heavy atom. The van der Waals surface area contributed by atoms with E-state index in [1.165, 1.54) is 112 Å². The number of aryl methyl sites for hydroxylation is 1. The molecule has 0 aromatic heterocycles. The van der Waals surface area contributed by atoms with Gasteiger partial charge in [0.05, 0.1) is 5.69 Å². The first-order valence-corrected chi connectivity index (χ1v) is 24.9. The van der Waals surface area contributed by atoms with Crippen LogP contribution in [0.3, 0.4) is 0 Å². The lowest BCUT2D eigenvalue weighted by molar-refractivity contribution is 0.403. The Labute approximate surface area is 402 Å². The molecule has 67 heavy (non-hydrogen) atoms. The maximum atomic E-state index is 2.73. The fourth-order valence-corrected chi connectivity index (χ4v) is 13.4. The quantitative estimate of drug-likeness (QED) is 0.163. The highest BCUT2D eigenvalue weighted by atomic mass is 15.2. The molecule has 11 rings (SSSR count). The second kappa shape index (κ2) is 14.1. The first kappa shape index (κ1) is 43.8. The van der Waals surface area contributed by atoms with Gasteiger partial charge in [0.1, 0.15) is 0 Å². The molecule has 7 aromatic rings. The summed E-state index contributed by atoms with van der Waals surface area (Å²) in [5, 5.41) is 0. The Hall–Kier alpha value is -5.80. The summed E-state index contributed by atoms with van der Waals surface area (Å²) < 4.78 is 0. The molecule has 338 valence electrons. The van der Waals surface area contributed by atoms with Gasteiger partial charge in [0.25, 0.3) is 6.71 Å². The molecule has 0 unspecified atom stereocenters. The Morgan fingerprint density at radius 2 is 0.985 bits per heavy atom. The summed E-state index contributed by atoms with van der Waals surface area (Å²) in [5.41, 5.74) is 26.5. The van der Waals surface area contributed by atoms with Crippen LogP contribution in [-0.2, 0) is 32.5 Å². The summed E-state index contributed by atoms with van der Waals surface area (Å²) in [5.74, 6) is 0. The van der Waals surface area contributed by atoms with Gasteiger partial charge in [-0.25, -0.2) is 0 Å². The third kappa shape index (κ3) is 6.35. The lowest BCUT2D eigenvalue weighted by Gasteiger charge is -2.48. The molecule has 2 nitrogen and oxygen atoms in total. The number of nitrogens with zero attached hydrogens (tertiary/aromatic N) is 2. The van der Waals surface area contributed by atoms with Crippen LogP contribution < -0.4 is 26.2 Å². The van der Waals surface area contributed by atoms with Crippen LogP contribution in [0.1, 0.15) is 153 Å². The Bertz CT molecular complexity index is 3190. The molecule has 0 amide bonds. The molecule has 4 aliphatic rings. The van der Waals surface area contributed by atoms with Crippen molar-refractivity contribution in [3.05, 3.63) is 184 Å². The van der Waals surface area contributed by atoms with Gasteiger partial charge >= 0.3 is 0 Å². The molecular formula is C64H69BN2. The number of hydrogen-bond acceptors (Lipinski definition) is 2. The second-order valence-electron chi connectivity index (χ2n) is 25.1. The smallest absolute Gasteiger partial charge is 0.252 e. The van der Waals surface area contributed by atoms with Crippen LogP contribution in [0.25, 0.3) is 11.1 Å². The van der Waals surface area contributed by atoms with Crippen LogP contribution in [0.15, 0.2) is 133 Å². The lowest BCUT2D eigenvalue weighted by Crippen LogP contribution is -2.62. The van der Waals surface area contributed by atoms with E-state index in [0.717, 1.165) is 6.42 Å². The van der Waals surface area contributed by atoms with E-state index in [1.807, 2.05) is 0 Å². The van der Waals surface area contributed by atoms with Crippen molar-refractivity contribution in [2.24, 2.45) is 0 Å². The molecule has 0 radical (unpaired) electrons. The number of anilines is 6. The first-order chi connectivity index (χ1) is 31.4. The van der Waals surface area contributed by atoms with E-state index in [1.54, 1.807) is 0 Å². The van der Waals surface area contributed by atoms with Crippen molar-refractivity contribution < 1.29 is 0 Å². The summed E-state index contributed by atoms with van der Waals surface area (Å²) in [6.45, 7) is 36.0. The largest absolute Gasteiger partial charge is 0.311 e. The zero-order valence-electron chi connectivity index (χ0n) is 42.9. The molecule has 0 bridgehead atoms. The predicted molar refractivity (Wildman–Crippen MR) is 289 cm³/mol. The molecule has 2 heterocycles. The molecule has 0 saturated carbocycles. The van der Waals surface area contributed by atoms with E-state index in [4.69, 9.17) is 0 Å². The summed E-state index contributed by atoms with van der Waals surface area (Å²) >= 11 is 0. The maximum absolute atomic E-state index is 2.73. The van der Waals surface area contributed by atoms with E-state index in [2.05, 4.69) is 247 Å². The second-order valence-corrected chi connectivity index (χ2v) is 25.1. The zero-order valence-corrected chi connectivity index (χ0v) is 42.9. The summed E-state index contributed by atoms with van der Waals surface area (Å²) in [6, 6.07) is 52.7. The van der Waals surface area contributed by atoms with Crippen molar-refractivity contribution in [3.63, 3.8) is 0 Å². The van der Waals surface area contributed by atoms with Crippen molar-refractivity contribution in [2.75, 3.05) is 9.80 Å². The highest BCUT2D eigenvalue weighted by molar-refractivity contribution is 7.00. The summed E-state index contributed by atoms with van der Waals surface area (Å²) in [6.07, 6.45) is 1.10. The van der Waals surface area contributed by atoms with Gasteiger partial charge in [0.2, 0.25) is 0 Å². The van der Waals surface area contributed by atoms with Crippen LogP contribution in [0.2, 0.25) is 0 Å². The molecule has 0 N–H and O–H groups in total. The Balaban J connectivity index is 1.30. The van der Waals surface area contributed by atoms with E-state index in [0.29, 0.717) is 0 Å². The highest BCUT2D eigenvalue weighted by Crippen LogP contribution is 2.58. The van der Waals surface area contributed by atoms with Gasteiger partial charge in [-0.1, -0.05) is 188 Å².